The third kappa shape index (κ3) is 5.42. The number of allylic oxidation sites excluding steroid dienone is 1. The van der Waals surface area contributed by atoms with Gasteiger partial charge in [0.2, 0.25) is 5.91 Å². The van der Waals surface area contributed by atoms with Crippen molar-refractivity contribution in [3.8, 4) is 0 Å². The molecular weight excluding hydrogens is 166 g/mol. The maximum atomic E-state index is 11.4. The lowest BCUT2D eigenvalue weighted by molar-refractivity contribution is -0.128. The number of rotatable bonds is 6. The van der Waals surface area contributed by atoms with E-state index >= 15 is 0 Å². The number of aliphatic hydroxyl groups is 1. The monoisotopic (exact) mass is 185 g/mol. The van der Waals surface area contributed by atoms with Crippen LogP contribution in [0.5, 0.6) is 0 Å². The maximum Gasteiger partial charge on any atom is 0.226 e. The summed E-state index contributed by atoms with van der Waals surface area (Å²) < 4.78 is 0. The first-order valence-corrected chi connectivity index (χ1v) is 4.62. The lowest BCUT2D eigenvalue weighted by Gasteiger charge is -2.16. The van der Waals surface area contributed by atoms with Gasteiger partial charge in [-0.1, -0.05) is 13.0 Å². The summed E-state index contributed by atoms with van der Waals surface area (Å²) in [5, 5.41) is 8.52. The van der Waals surface area contributed by atoms with Crippen molar-refractivity contribution in [3.05, 3.63) is 12.3 Å². The molecule has 76 valence electrons. The first-order chi connectivity index (χ1) is 6.09. The Balaban J connectivity index is 3.56. The molecule has 0 aromatic heterocycles. The highest BCUT2D eigenvalue weighted by molar-refractivity contribution is 5.77. The molecule has 0 aromatic rings. The van der Waals surface area contributed by atoms with Gasteiger partial charge in [-0.3, -0.25) is 4.79 Å². The fourth-order valence-corrected chi connectivity index (χ4v) is 0.945. The topological polar surface area (TPSA) is 40.5 Å². The van der Waals surface area contributed by atoms with Crippen molar-refractivity contribution in [2.75, 3.05) is 13.7 Å². The van der Waals surface area contributed by atoms with Gasteiger partial charge in [0, 0.05) is 25.8 Å². The summed E-state index contributed by atoms with van der Waals surface area (Å²) in [5.41, 5.74) is 0.771. The van der Waals surface area contributed by atoms with E-state index in [4.69, 9.17) is 5.11 Å². The first kappa shape index (κ1) is 12.2. The summed E-state index contributed by atoms with van der Waals surface area (Å²) >= 11 is 0. The lowest BCUT2D eigenvalue weighted by Crippen LogP contribution is -2.23. The average molecular weight is 185 g/mol. The van der Waals surface area contributed by atoms with E-state index in [2.05, 4.69) is 6.58 Å². The highest BCUT2D eigenvalue weighted by atomic mass is 16.2. The van der Waals surface area contributed by atoms with Crippen LogP contribution in [-0.2, 0) is 4.79 Å². The number of hydrogen-bond acceptors (Lipinski definition) is 2. The zero-order chi connectivity index (χ0) is 10.3. The van der Waals surface area contributed by atoms with Crippen molar-refractivity contribution in [2.24, 2.45) is 0 Å². The highest BCUT2D eigenvalue weighted by Crippen LogP contribution is 2.05. The molecule has 0 saturated heterocycles. The van der Waals surface area contributed by atoms with Crippen LogP contribution >= 0.6 is 0 Å². The third-order valence-corrected chi connectivity index (χ3v) is 2.00. The molecule has 0 fully saturated rings. The molecule has 0 aromatic carbocycles. The third-order valence-electron chi connectivity index (χ3n) is 2.00. The Bertz CT molecular complexity index is 178. The smallest absolute Gasteiger partial charge is 0.226 e. The van der Waals surface area contributed by atoms with E-state index in [0.717, 1.165) is 25.0 Å². The van der Waals surface area contributed by atoms with Gasteiger partial charge in [-0.25, -0.2) is 0 Å². The Labute approximate surface area is 80.0 Å². The zero-order valence-corrected chi connectivity index (χ0v) is 8.55. The van der Waals surface area contributed by atoms with E-state index in [-0.39, 0.29) is 12.5 Å². The summed E-state index contributed by atoms with van der Waals surface area (Å²) in [5.74, 6) is 0.102. The molecule has 0 bridgehead atoms. The van der Waals surface area contributed by atoms with Crippen molar-refractivity contribution in [3.63, 3.8) is 0 Å². The Morgan fingerprint density at radius 3 is 2.46 bits per heavy atom. The van der Waals surface area contributed by atoms with Crippen LogP contribution in [0.3, 0.4) is 0 Å². The lowest BCUT2D eigenvalue weighted by atomic mass is 10.2. The van der Waals surface area contributed by atoms with E-state index in [9.17, 15) is 4.79 Å². The average Bonchev–Trinajstić information content (AvgIpc) is 2.10. The van der Waals surface area contributed by atoms with Crippen molar-refractivity contribution < 1.29 is 9.90 Å². The van der Waals surface area contributed by atoms with Gasteiger partial charge in [0.15, 0.2) is 0 Å². The van der Waals surface area contributed by atoms with Crippen LogP contribution in [-0.4, -0.2) is 29.6 Å². The van der Waals surface area contributed by atoms with E-state index in [1.807, 2.05) is 6.92 Å². The number of aliphatic hydroxyl groups excluding tert-OH is 1. The van der Waals surface area contributed by atoms with Crippen molar-refractivity contribution in [2.45, 2.75) is 32.6 Å². The number of carbonyl (C=O) groups excluding carboxylic acids is 1. The van der Waals surface area contributed by atoms with Gasteiger partial charge in [-0.2, -0.15) is 0 Å². The van der Waals surface area contributed by atoms with Crippen LogP contribution in [0.25, 0.3) is 0 Å². The number of hydrogen-bond donors (Lipinski definition) is 1. The molecule has 0 spiro atoms. The minimum Gasteiger partial charge on any atom is -0.396 e. The van der Waals surface area contributed by atoms with Crippen LogP contribution in [0.1, 0.15) is 32.6 Å². The molecule has 0 radical (unpaired) electrons. The number of amides is 1. The molecule has 0 unspecified atom stereocenters. The van der Waals surface area contributed by atoms with Gasteiger partial charge < -0.3 is 10.0 Å². The molecular formula is C10H19NO2. The van der Waals surface area contributed by atoms with Gasteiger partial charge in [0.25, 0.3) is 0 Å². The summed E-state index contributed by atoms with van der Waals surface area (Å²) in [7, 11) is 1.73. The molecule has 0 aliphatic heterocycles. The number of carbonyl (C=O) groups is 1. The quantitative estimate of drug-likeness (QED) is 0.637. The summed E-state index contributed by atoms with van der Waals surface area (Å²) in [6.07, 6.45) is 3.08. The molecule has 0 rings (SSSR count). The first-order valence-electron chi connectivity index (χ1n) is 4.62. The second-order valence-electron chi connectivity index (χ2n) is 3.22. The Morgan fingerprint density at radius 2 is 2.00 bits per heavy atom. The SMILES string of the molecule is C=C(C)N(C)C(=O)CCCCCO. The van der Waals surface area contributed by atoms with Crippen molar-refractivity contribution >= 4 is 5.91 Å². The molecule has 0 aliphatic rings. The van der Waals surface area contributed by atoms with Gasteiger partial charge in [-0.15, -0.1) is 0 Å². The second kappa shape index (κ2) is 6.66. The van der Waals surface area contributed by atoms with Crippen LogP contribution in [0.4, 0.5) is 0 Å². The zero-order valence-electron chi connectivity index (χ0n) is 8.55. The standard InChI is InChI=1S/C10H19NO2/c1-9(2)11(3)10(13)7-5-4-6-8-12/h12H,1,4-8H2,2-3H3. The Kier molecular flexibility index (Phi) is 6.24. The maximum absolute atomic E-state index is 11.4. The van der Waals surface area contributed by atoms with Crippen LogP contribution < -0.4 is 0 Å². The fraction of sp³-hybridized carbons (Fsp3) is 0.700. The van der Waals surface area contributed by atoms with Crippen LogP contribution in [0.2, 0.25) is 0 Å². The molecule has 13 heavy (non-hydrogen) atoms. The van der Waals surface area contributed by atoms with Gasteiger partial charge >= 0.3 is 0 Å². The van der Waals surface area contributed by atoms with Crippen LogP contribution in [0.15, 0.2) is 12.3 Å². The Hall–Kier alpha value is -0.830. The number of nitrogens with zero attached hydrogens (tertiary/aromatic N) is 1. The van der Waals surface area contributed by atoms with E-state index in [1.165, 1.54) is 0 Å². The summed E-state index contributed by atoms with van der Waals surface area (Å²) in [6.45, 7) is 5.71. The summed E-state index contributed by atoms with van der Waals surface area (Å²) in [4.78, 5) is 12.9. The molecule has 1 amide bonds. The fourth-order valence-electron chi connectivity index (χ4n) is 0.945. The van der Waals surface area contributed by atoms with E-state index in [1.54, 1.807) is 11.9 Å². The minimum atomic E-state index is 0.102. The molecule has 0 heterocycles. The second-order valence-corrected chi connectivity index (χ2v) is 3.22. The summed E-state index contributed by atoms with van der Waals surface area (Å²) in [6, 6.07) is 0. The molecule has 0 saturated carbocycles. The molecule has 1 N–H and O–H groups in total. The minimum absolute atomic E-state index is 0.102. The normalized spacial score (nSPS) is 9.77. The van der Waals surface area contributed by atoms with Crippen LogP contribution in [0, 0.1) is 0 Å². The molecule has 3 heteroatoms. The highest BCUT2D eigenvalue weighted by Gasteiger charge is 2.07. The largest absolute Gasteiger partial charge is 0.396 e. The van der Waals surface area contributed by atoms with E-state index < -0.39 is 0 Å². The number of unbranched alkanes of at least 4 members (excludes halogenated alkanes) is 2. The molecule has 0 atom stereocenters. The predicted octanol–water partition coefficient (Wildman–Crippen LogP) is 1.53. The van der Waals surface area contributed by atoms with E-state index in [0.29, 0.717) is 6.42 Å². The predicted molar refractivity (Wildman–Crippen MR) is 53.1 cm³/mol. The van der Waals surface area contributed by atoms with Crippen molar-refractivity contribution in [1.29, 1.82) is 0 Å². The van der Waals surface area contributed by atoms with Gasteiger partial charge in [0.05, 0.1) is 0 Å². The Morgan fingerprint density at radius 1 is 1.38 bits per heavy atom. The molecule has 3 nitrogen and oxygen atoms in total. The van der Waals surface area contributed by atoms with Crippen molar-refractivity contribution in [1.82, 2.24) is 4.90 Å². The van der Waals surface area contributed by atoms with Gasteiger partial charge in [0.1, 0.15) is 0 Å². The molecule has 0 aliphatic carbocycles. The van der Waals surface area contributed by atoms with Gasteiger partial charge in [-0.05, 0) is 19.8 Å².